The van der Waals surface area contributed by atoms with E-state index in [1.165, 1.54) is 4.90 Å². The van der Waals surface area contributed by atoms with Crippen LogP contribution in [0.5, 0.6) is 0 Å². The molecule has 4 heteroatoms. The third-order valence-corrected chi connectivity index (χ3v) is 2.25. The molecule has 0 radical (unpaired) electrons. The van der Waals surface area contributed by atoms with Crippen LogP contribution in [0.15, 0.2) is 36.4 Å². The number of carboxylic acids is 1. The maximum Gasteiger partial charge on any atom is 0.328 e. The Labute approximate surface area is 100 Å². The average molecular weight is 233 g/mol. The van der Waals surface area contributed by atoms with Gasteiger partial charge in [0.15, 0.2) is 0 Å². The highest BCUT2D eigenvalue weighted by molar-refractivity contribution is 5.93. The third kappa shape index (κ3) is 4.51. The normalized spacial score (nSPS) is 10.5. The molecule has 0 aromatic heterocycles. The molecule has 0 fully saturated rings. The van der Waals surface area contributed by atoms with Crippen molar-refractivity contribution in [1.29, 1.82) is 0 Å². The monoisotopic (exact) mass is 233 g/mol. The minimum Gasteiger partial charge on any atom is -0.478 e. The lowest BCUT2D eigenvalue weighted by molar-refractivity contribution is -0.132. The van der Waals surface area contributed by atoms with Crippen LogP contribution in [0.4, 0.5) is 0 Å². The summed E-state index contributed by atoms with van der Waals surface area (Å²) in [5.74, 6) is -1.45. The van der Waals surface area contributed by atoms with Crippen LogP contribution in [0.25, 0.3) is 0 Å². The lowest BCUT2D eigenvalue weighted by Crippen LogP contribution is -2.24. The Bertz CT molecular complexity index is 452. The van der Waals surface area contributed by atoms with Gasteiger partial charge >= 0.3 is 5.97 Å². The third-order valence-electron chi connectivity index (χ3n) is 2.25. The van der Waals surface area contributed by atoms with Crippen molar-refractivity contribution < 1.29 is 14.7 Å². The maximum absolute atomic E-state index is 11.5. The number of benzene rings is 1. The zero-order valence-corrected chi connectivity index (χ0v) is 9.88. The van der Waals surface area contributed by atoms with Gasteiger partial charge in [-0.15, -0.1) is 0 Å². The summed E-state index contributed by atoms with van der Waals surface area (Å²) in [7, 11) is 1.64. The zero-order valence-electron chi connectivity index (χ0n) is 9.88. The van der Waals surface area contributed by atoms with E-state index in [-0.39, 0.29) is 5.91 Å². The largest absolute Gasteiger partial charge is 0.478 e. The van der Waals surface area contributed by atoms with E-state index in [4.69, 9.17) is 5.11 Å². The van der Waals surface area contributed by atoms with E-state index in [2.05, 4.69) is 0 Å². The number of amides is 1. The van der Waals surface area contributed by atoms with Crippen molar-refractivity contribution >= 4 is 11.9 Å². The number of nitrogens with zero attached hydrogens (tertiary/aromatic N) is 1. The summed E-state index contributed by atoms with van der Waals surface area (Å²) in [5.41, 5.74) is 2.15. The first-order valence-electron chi connectivity index (χ1n) is 5.20. The highest BCUT2D eigenvalue weighted by atomic mass is 16.4. The first-order chi connectivity index (χ1) is 7.99. The molecule has 1 rings (SSSR count). The molecule has 0 unspecified atom stereocenters. The number of carboxylic acid groups (broad SMARTS) is 1. The molecular formula is C13H15NO3. The fourth-order valence-electron chi connectivity index (χ4n) is 1.43. The first kappa shape index (κ1) is 13.0. The first-order valence-corrected chi connectivity index (χ1v) is 5.20. The Kier molecular flexibility index (Phi) is 4.46. The van der Waals surface area contributed by atoms with Gasteiger partial charge in [-0.1, -0.05) is 29.8 Å². The van der Waals surface area contributed by atoms with Gasteiger partial charge in [-0.2, -0.15) is 0 Å². The van der Waals surface area contributed by atoms with Gasteiger partial charge in [-0.25, -0.2) is 4.79 Å². The van der Waals surface area contributed by atoms with Crippen LogP contribution in [0.3, 0.4) is 0 Å². The maximum atomic E-state index is 11.5. The smallest absolute Gasteiger partial charge is 0.328 e. The van der Waals surface area contributed by atoms with E-state index in [1.807, 2.05) is 31.2 Å². The second kappa shape index (κ2) is 5.84. The SMILES string of the molecule is Cc1cccc(CN(C)C(=O)/C=C/C(=O)O)c1. The minimum absolute atomic E-state index is 0.325. The molecule has 0 bridgehead atoms. The van der Waals surface area contributed by atoms with Crippen molar-refractivity contribution in [1.82, 2.24) is 4.90 Å². The van der Waals surface area contributed by atoms with Gasteiger partial charge in [0, 0.05) is 25.7 Å². The number of likely N-dealkylation sites (N-methyl/N-ethyl adjacent to an activating group) is 1. The van der Waals surface area contributed by atoms with Crippen LogP contribution in [0.2, 0.25) is 0 Å². The molecule has 17 heavy (non-hydrogen) atoms. The molecule has 0 aliphatic rings. The van der Waals surface area contributed by atoms with Crippen LogP contribution >= 0.6 is 0 Å². The lowest BCUT2D eigenvalue weighted by atomic mass is 10.1. The zero-order chi connectivity index (χ0) is 12.8. The minimum atomic E-state index is -1.12. The molecule has 4 nitrogen and oxygen atoms in total. The van der Waals surface area contributed by atoms with Gasteiger partial charge in [0.1, 0.15) is 0 Å². The molecule has 0 saturated heterocycles. The highest BCUT2D eigenvalue weighted by Crippen LogP contribution is 2.06. The van der Waals surface area contributed by atoms with Gasteiger partial charge in [-0.3, -0.25) is 4.79 Å². The Morgan fingerprint density at radius 3 is 2.65 bits per heavy atom. The molecule has 1 aromatic rings. The summed E-state index contributed by atoms with van der Waals surface area (Å²) in [6, 6.07) is 7.83. The van der Waals surface area contributed by atoms with Gasteiger partial charge in [-0.05, 0) is 12.5 Å². The predicted molar refractivity (Wildman–Crippen MR) is 64.4 cm³/mol. The van der Waals surface area contributed by atoms with Gasteiger partial charge < -0.3 is 10.0 Å². The van der Waals surface area contributed by atoms with E-state index in [9.17, 15) is 9.59 Å². The number of aryl methyl sites for hydroxylation is 1. The standard InChI is InChI=1S/C13H15NO3/c1-10-4-3-5-11(8-10)9-14(2)12(15)6-7-13(16)17/h3-8H,9H2,1-2H3,(H,16,17)/b7-6+. The van der Waals surface area contributed by atoms with Gasteiger partial charge in [0.05, 0.1) is 0 Å². The molecule has 1 N–H and O–H groups in total. The fourth-order valence-corrected chi connectivity index (χ4v) is 1.43. The van der Waals surface area contributed by atoms with E-state index in [0.29, 0.717) is 6.54 Å². The summed E-state index contributed by atoms with van der Waals surface area (Å²) in [6.45, 7) is 2.44. The average Bonchev–Trinajstić information content (AvgIpc) is 2.25. The molecule has 0 heterocycles. The summed E-state index contributed by atoms with van der Waals surface area (Å²) < 4.78 is 0. The van der Waals surface area contributed by atoms with Crippen molar-refractivity contribution in [2.75, 3.05) is 7.05 Å². The van der Waals surface area contributed by atoms with E-state index in [1.54, 1.807) is 7.05 Å². The highest BCUT2D eigenvalue weighted by Gasteiger charge is 2.06. The summed E-state index contributed by atoms with van der Waals surface area (Å²) in [5, 5.41) is 8.41. The van der Waals surface area contributed by atoms with Crippen molar-refractivity contribution in [2.45, 2.75) is 13.5 Å². The van der Waals surface area contributed by atoms with E-state index >= 15 is 0 Å². The van der Waals surface area contributed by atoms with Crippen LogP contribution < -0.4 is 0 Å². The Morgan fingerprint density at radius 2 is 2.06 bits per heavy atom. The Balaban J connectivity index is 2.63. The number of rotatable bonds is 4. The Morgan fingerprint density at radius 1 is 1.35 bits per heavy atom. The number of aliphatic carboxylic acids is 1. The predicted octanol–water partition coefficient (Wildman–Crippen LogP) is 1.59. The summed E-state index contributed by atoms with van der Waals surface area (Å²) >= 11 is 0. The van der Waals surface area contributed by atoms with Crippen molar-refractivity contribution in [3.8, 4) is 0 Å². The molecule has 0 spiro atoms. The van der Waals surface area contributed by atoms with E-state index in [0.717, 1.165) is 23.3 Å². The molecule has 0 atom stereocenters. The van der Waals surface area contributed by atoms with Crippen LogP contribution in [-0.2, 0) is 16.1 Å². The number of carbonyl (C=O) groups is 2. The summed E-state index contributed by atoms with van der Waals surface area (Å²) in [6.07, 6.45) is 1.90. The quantitative estimate of drug-likeness (QED) is 0.803. The number of hydrogen-bond acceptors (Lipinski definition) is 2. The molecular weight excluding hydrogens is 218 g/mol. The fraction of sp³-hybridized carbons (Fsp3) is 0.231. The van der Waals surface area contributed by atoms with Crippen LogP contribution in [-0.4, -0.2) is 28.9 Å². The van der Waals surface area contributed by atoms with Gasteiger partial charge in [0.25, 0.3) is 0 Å². The molecule has 1 aromatic carbocycles. The molecule has 0 aliphatic heterocycles. The number of carbonyl (C=O) groups excluding carboxylic acids is 1. The van der Waals surface area contributed by atoms with Crippen LogP contribution in [0, 0.1) is 6.92 Å². The van der Waals surface area contributed by atoms with Crippen LogP contribution in [0.1, 0.15) is 11.1 Å². The number of hydrogen-bond donors (Lipinski definition) is 1. The van der Waals surface area contributed by atoms with Crippen molar-refractivity contribution in [3.63, 3.8) is 0 Å². The Hall–Kier alpha value is -2.10. The van der Waals surface area contributed by atoms with E-state index < -0.39 is 5.97 Å². The second-order valence-electron chi connectivity index (χ2n) is 3.85. The molecule has 1 amide bonds. The second-order valence-corrected chi connectivity index (χ2v) is 3.85. The lowest BCUT2D eigenvalue weighted by Gasteiger charge is -2.15. The van der Waals surface area contributed by atoms with Crippen molar-refractivity contribution in [3.05, 3.63) is 47.5 Å². The topological polar surface area (TPSA) is 57.6 Å². The molecule has 90 valence electrons. The summed E-state index contributed by atoms with van der Waals surface area (Å²) in [4.78, 5) is 23.3. The molecule has 0 saturated carbocycles. The molecule has 0 aliphatic carbocycles. The van der Waals surface area contributed by atoms with Crippen molar-refractivity contribution in [2.24, 2.45) is 0 Å². The van der Waals surface area contributed by atoms with Gasteiger partial charge in [0.2, 0.25) is 5.91 Å².